The third-order valence-electron chi connectivity index (χ3n) is 2.62. The normalized spacial score (nSPS) is 10.0. The number of amides is 1. The van der Waals surface area contributed by atoms with Gasteiger partial charge in [0.15, 0.2) is 0 Å². The van der Waals surface area contributed by atoms with Gasteiger partial charge in [0.05, 0.1) is 11.6 Å². The summed E-state index contributed by atoms with van der Waals surface area (Å²) < 4.78 is 5.88. The molecule has 0 unspecified atom stereocenters. The van der Waals surface area contributed by atoms with Crippen LogP contribution in [0.1, 0.15) is 15.9 Å². The second kappa shape index (κ2) is 6.33. The summed E-state index contributed by atoms with van der Waals surface area (Å²) in [6.45, 7) is 0.477. The molecule has 0 saturated heterocycles. The molecule has 1 N–H and O–H groups in total. The summed E-state index contributed by atoms with van der Waals surface area (Å²) in [6.07, 6.45) is 3.40. The van der Waals surface area contributed by atoms with E-state index in [0.717, 1.165) is 10.0 Å². The van der Waals surface area contributed by atoms with E-state index in [4.69, 9.17) is 4.74 Å². The van der Waals surface area contributed by atoms with Crippen molar-refractivity contribution < 1.29 is 9.53 Å². The molecule has 2 aromatic rings. The average molecular weight is 321 g/mol. The zero-order valence-corrected chi connectivity index (χ0v) is 12.0. The maximum atomic E-state index is 12.0. The minimum Gasteiger partial charge on any atom is -0.496 e. The highest BCUT2D eigenvalue weighted by molar-refractivity contribution is 9.10. The second-order valence-electron chi connectivity index (χ2n) is 3.89. The van der Waals surface area contributed by atoms with Crippen LogP contribution in [0.5, 0.6) is 5.75 Å². The molecule has 98 valence electrons. The van der Waals surface area contributed by atoms with Crippen LogP contribution in [0.25, 0.3) is 0 Å². The molecule has 1 aromatic heterocycles. The predicted octanol–water partition coefficient (Wildman–Crippen LogP) is 2.78. The third-order valence-corrected chi connectivity index (χ3v) is 3.24. The number of nitrogens with zero attached hydrogens (tertiary/aromatic N) is 1. The monoisotopic (exact) mass is 320 g/mol. The van der Waals surface area contributed by atoms with Gasteiger partial charge < -0.3 is 10.1 Å². The van der Waals surface area contributed by atoms with Crippen molar-refractivity contribution >= 4 is 21.8 Å². The van der Waals surface area contributed by atoms with Crippen molar-refractivity contribution in [3.63, 3.8) is 0 Å². The fraction of sp³-hybridized carbons (Fsp3) is 0.143. The molecule has 0 fully saturated rings. The van der Waals surface area contributed by atoms with Gasteiger partial charge >= 0.3 is 0 Å². The first-order valence-electron chi connectivity index (χ1n) is 5.71. The van der Waals surface area contributed by atoms with Crippen molar-refractivity contribution in [3.05, 3.63) is 58.3 Å². The Bertz CT molecular complexity index is 573. The number of ether oxygens (including phenoxy) is 1. The molecule has 5 heteroatoms. The summed E-state index contributed by atoms with van der Waals surface area (Å²) in [5, 5.41) is 2.85. The van der Waals surface area contributed by atoms with E-state index in [1.54, 1.807) is 37.7 Å². The van der Waals surface area contributed by atoms with Gasteiger partial charge in [0, 0.05) is 24.5 Å². The molecule has 0 aliphatic rings. The van der Waals surface area contributed by atoms with Crippen molar-refractivity contribution in [1.29, 1.82) is 0 Å². The van der Waals surface area contributed by atoms with Gasteiger partial charge in [-0.25, -0.2) is 0 Å². The first-order chi connectivity index (χ1) is 9.20. The van der Waals surface area contributed by atoms with Crippen LogP contribution < -0.4 is 10.1 Å². The van der Waals surface area contributed by atoms with Crippen molar-refractivity contribution in [2.24, 2.45) is 0 Å². The topological polar surface area (TPSA) is 51.2 Å². The zero-order chi connectivity index (χ0) is 13.7. The standard InChI is InChI=1S/C14H13BrN2O2/c1-19-13-3-2-11(8-12(13)15)14(18)17-9-10-4-6-16-7-5-10/h2-8H,9H2,1H3,(H,17,18). The van der Waals surface area contributed by atoms with Crippen LogP contribution in [0.15, 0.2) is 47.2 Å². The molecular formula is C14H13BrN2O2. The molecule has 0 atom stereocenters. The maximum absolute atomic E-state index is 12.0. The van der Waals surface area contributed by atoms with E-state index in [1.807, 2.05) is 12.1 Å². The molecule has 4 nitrogen and oxygen atoms in total. The summed E-state index contributed by atoms with van der Waals surface area (Å²) in [5.74, 6) is 0.575. The average Bonchev–Trinajstić information content (AvgIpc) is 2.45. The summed E-state index contributed by atoms with van der Waals surface area (Å²) in [7, 11) is 1.59. The number of hydrogen-bond donors (Lipinski definition) is 1. The smallest absolute Gasteiger partial charge is 0.251 e. The highest BCUT2D eigenvalue weighted by atomic mass is 79.9. The number of carbonyl (C=O) groups excluding carboxylic acids is 1. The minimum absolute atomic E-state index is 0.125. The van der Waals surface area contributed by atoms with Crippen molar-refractivity contribution in [2.75, 3.05) is 7.11 Å². The van der Waals surface area contributed by atoms with E-state index in [0.29, 0.717) is 17.9 Å². The van der Waals surface area contributed by atoms with E-state index in [-0.39, 0.29) is 5.91 Å². The van der Waals surface area contributed by atoms with E-state index < -0.39 is 0 Å². The first-order valence-corrected chi connectivity index (χ1v) is 6.50. The van der Waals surface area contributed by atoms with Crippen LogP contribution in [0.4, 0.5) is 0 Å². The third kappa shape index (κ3) is 3.54. The van der Waals surface area contributed by atoms with Crippen molar-refractivity contribution in [1.82, 2.24) is 10.3 Å². The highest BCUT2D eigenvalue weighted by Gasteiger charge is 2.08. The van der Waals surface area contributed by atoms with E-state index in [9.17, 15) is 4.79 Å². The number of hydrogen-bond acceptors (Lipinski definition) is 3. The molecule has 0 saturated carbocycles. The highest BCUT2D eigenvalue weighted by Crippen LogP contribution is 2.25. The molecular weight excluding hydrogens is 308 g/mol. The molecule has 0 aliphatic carbocycles. The van der Waals surface area contributed by atoms with Crippen LogP contribution in [-0.4, -0.2) is 18.0 Å². The Hall–Kier alpha value is -1.88. The number of halogens is 1. The van der Waals surface area contributed by atoms with Gasteiger partial charge in [0.2, 0.25) is 0 Å². The SMILES string of the molecule is COc1ccc(C(=O)NCc2ccncc2)cc1Br. The first kappa shape index (κ1) is 13.5. The molecule has 19 heavy (non-hydrogen) atoms. The van der Waals surface area contributed by atoms with Gasteiger partial charge in [-0.05, 0) is 51.8 Å². The lowest BCUT2D eigenvalue weighted by molar-refractivity contribution is 0.0951. The largest absolute Gasteiger partial charge is 0.496 e. The lowest BCUT2D eigenvalue weighted by atomic mass is 10.2. The molecule has 0 bridgehead atoms. The number of benzene rings is 1. The Morgan fingerprint density at radius 1 is 1.32 bits per heavy atom. The van der Waals surface area contributed by atoms with Crippen LogP contribution in [-0.2, 0) is 6.54 Å². The van der Waals surface area contributed by atoms with Crippen molar-refractivity contribution in [3.8, 4) is 5.75 Å². The number of rotatable bonds is 4. The fourth-order valence-corrected chi connectivity index (χ4v) is 2.13. The Labute approximate surface area is 119 Å². The maximum Gasteiger partial charge on any atom is 0.251 e. The van der Waals surface area contributed by atoms with Gasteiger partial charge in [-0.15, -0.1) is 0 Å². The molecule has 0 radical (unpaired) electrons. The van der Waals surface area contributed by atoms with Crippen LogP contribution in [0, 0.1) is 0 Å². The number of carbonyl (C=O) groups is 1. The lowest BCUT2D eigenvalue weighted by Gasteiger charge is -2.07. The van der Waals surface area contributed by atoms with Crippen LogP contribution in [0.2, 0.25) is 0 Å². The van der Waals surface area contributed by atoms with Gasteiger partial charge in [0.1, 0.15) is 5.75 Å². The van der Waals surface area contributed by atoms with Crippen LogP contribution in [0.3, 0.4) is 0 Å². The van der Waals surface area contributed by atoms with Gasteiger partial charge in [-0.2, -0.15) is 0 Å². The number of aromatic nitrogens is 1. The summed E-state index contributed by atoms with van der Waals surface area (Å²) in [6, 6.07) is 8.95. The summed E-state index contributed by atoms with van der Waals surface area (Å²) in [5.41, 5.74) is 1.60. The quantitative estimate of drug-likeness (QED) is 0.942. The molecule has 1 amide bonds. The fourth-order valence-electron chi connectivity index (χ4n) is 1.59. The number of pyridine rings is 1. The van der Waals surface area contributed by atoms with E-state index >= 15 is 0 Å². The Morgan fingerprint density at radius 3 is 2.68 bits per heavy atom. The number of nitrogens with one attached hydrogen (secondary N) is 1. The molecule has 0 aliphatic heterocycles. The Balaban J connectivity index is 2.02. The predicted molar refractivity (Wildman–Crippen MR) is 76.1 cm³/mol. The molecule has 1 heterocycles. The summed E-state index contributed by atoms with van der Waals surface area (Å²) in [4.78, 5) is 15.9. The Kier molecular flexibility index (Phi) is 4.52. The van der Waals surface area contributed by atoms with E-state index in [1.165, 1.54) is 0 Å². The van der Waals surface area contributed by atoms with Crippen LogP contribution >= 0.6 is 15.9 Å². The second-order valence-corrected chi connectivity index (χ2v) is 4.74. The summed E-state index contributed by atoms with van der Waals surface area (Å²) >= 11 is 3.36. The van der Waals surface area contributed by atoms with E-state index in [2.05, 4.69) is 26.2 Å². The van der Waals surface area contributed by atoms with Crippen molar-refractivity contribution in [2.45, 2.75) is 6.54 Å². The zero-order valence-electron chi connectivity index (χ0n) is 10.4. The van der Waals surface area contributed by atoms with Gasteiger partial charge in [-0.3, -0.25) is 9.78 Å². The Morgan fingerprint density at radius 2 is 2.05 bits per heavy atom. The molecule has 1 aromatic carbocycles. The minimum atomic E-state index is -0.125. The molecule has 2 rings (SSSR count). The lowest BCUT2D eigenvalue weighted by Crippen LogP contribution is -2.22. The molecule has 0 spiro atoms. The number of methoxy groups -OCH3 is 1. The van der Waals surface area contributed by atoms with Gasteiger partial charge in [-0.1, -0.05) is 0 Å². The van der Waals surface area contributed by atoms with Gasteiger partial charge in [0.25, 0.3) is 5.91 Å².